The zero-order valence-corrected chi connectivity index (χ0v) is 22.8. The van der Waals surface area contributed by atoms with Crippen LogP contribution in [0.1, 0.15) is 52.9 Å². The summed E-state index contributed by atoms with van der Waals surface area (Å²) < 4.78 is 16.5. The number of rotatable bonds is 13. The Labute approximate surface area is 211 Å². The molecule has 5 nitrogen and oxygen atoms in total. The lowest BCUT2D eigenvalue weighted by molar-refractivity contribution is -0.147. The summed E-state index contributed by atoms with van der Waals surface area (Å²) in [5.74, 6) is -1.68. The Bertz CT molecular complexity index is 911. The van der Waals surface area contributed by atoms with Gasteiger partial charge >= 0.3 is 11.9 Å². The third-order valence-corrected chi connectivity index (χ3v) is 11.5. The highest BCUT2D eigenvalue weighted by Gasteiger charge is 2.49. The molecule has 6 heteroatoms. The minimum Gasteiger partial charge on any atom is -0.469 e. The normalized spacial score (nSPS) is 12.6. The number of esters is 2. The van der Waals surface area contributed by atoms with Crippen molar-refractivity contribution in [2.75, 3.05) is 20.8 Å². The summed E-state index contributed by atoms with van der Waals surface area (Å²) in [5.41, 5.74) is 0.148. The Morgan fingerprint density at radius 2 is 1.34 bits per heavy atom. The zero-order valence-electron chi connectivity index (χ0n) is 21.8. The summed E-state index contributed by atoms with van der Waals surface area (Å²) in [4.78, 5) is 23.9. The second-order valence-corrected chi connectivity index (χ2v) is 14.1. The number of carbonyl (C=O) groups excluding carboxylic acids is 2. The van der Waals surface area contributed by atoms with Crippen molar-refractivity contribution in [3.05, 3.63) is 72.8 Å². The summed E-state index contributed by atoms with van der Waals surface area (Å²) >= 11 is 0. The van der Waals surface area contributed by atoms with E-state index in [-0.39, 0.29) is 10.6 Å². The lowest BCUT2D eigenvalue weighted by atomic mass is 9.94. The van der Waals surface area contributed by atoms with Gasteiger partial charge in [0.25, 0.3) is 8.32 Å². The van der Waals surface area contributed by atoms with Crippen LogP contribution in [0.2, 0.25) is 5.04 Å². The first-order valence-corrected chi connectivity index (χ1v) is 14.2. The van der Waals surface area contributed by atoms with E-state index in [9.17, 15) is 9.59 Å². The van der Waals surface area contributed by atoms with E-state index < -0.39 is 26.2 Å². The van der Waals surface area contributed by atoms with Crippen molar-refractivity contribution >= 4 is 30.6 Å². The molecule has 0 N–H and O–H groups in total. The fourth-order valence-corrected chi connectivity index (χ4v) is 9.25. The van der Waals surface area contributed by atoms with Gasteiger partial charge in [-0.2, -0.15) is 0 Å². The van der Waals surface area contributed by atoms with Crippen molar-refractivity contribution in [1.82, 2.24) is 0 Å². The molecular weight excluding hydrogens is 456 g/mol. The van der Waals surface area contributed by atoms with Crippen molar-refractivity contribution < 1.29 is 23.5 Å². The van der Waals surface area contributed by atoms with Crippen LogP contribution in [0, 0.1) is 5.92 Å². The van der Waals surface area contributed by atoms with E-state index in [4.69, 9.17) is 13.9 Å². The molecule has 0 fully saturated rings. The van der Waals surface area contributed by atoms with Crippen LogP contribution in [-0.4, -0.2) is 41.1 Å². The van der Waals surface area contributed by atoms with Crippen LogP contribution < -0.4 is 10.4 Å². The third-order valence-electron chi connectivity index (χ3n) is 6.48. The molecule has 0 aliphatic carbocycles. The number of unbranched alkanes of at least 4 members (excludes halogenated alkanes) is 3. The maximum Gasteiger partial charge on any atom is 0.334 e. The molecule has 0 amide bonds. The Balaban J connectivity index is 2.02. The van der Waals surface area contributed by atoms with Crippen LogP contribution in [-0.2, 0) is 23.5 Å². The highest BCUT2D eigenvalue weighted by molar-refractivity contribution is 6.99. The Hall–Kier alpha value is -2.70. The number of ether oxygens (including phenoxy) is 2. The molecule has 0 aromatic heterocycles. The van der Waals surface area contributed by atoms with Gasteiger partial charge < -0.3 is 13.9 Å². The quantitative estimate of drug-likeness (QED) is 0.168. The van der Waals surface area contributed by atoms with Gasteiger partial charge in [0, 0.05) is 12.2 Å². The van der Waals surface area contributed by atoms with Gasteiger partial charge in [0.1, 0.15) is 0 Å². The van der Waals surface area contributed by atoms with Crippen molar-refractivity contribution in [3.63, 3.8) is 0 Å². The van der Waals surface area contributed by atoms with Crippen molar-refractivity contribution in [2.45, 2.75) is 57.9 Å². The molecule has 190 valence electrons. The van der Waals surface area contributed by atoms with E-state index >= 15 is 0 Å². The van der Waals surface area contributed by atoms with Gasteiger partial charge in [-0.15, -0.1) is 0 Å². The SMILES string of the molecule is C=C(C(=O)OC)[C@@H](CCCCCCO[Si](c1ccccc1)(c1ccccc1)C(C)(C)C)C(=O)OC. The topological polar surface area (TPSA) is 61.8 Å². The van der Waals surface area contributed by atoms with Crippen molar-refractivity contribution in [3.8, 4) is 0 Å². The van der Waals surface area contributed by atoms with Gasteiger partial charge in [-0.3, -0.25) is 4.79 Å². The average molecular weight is 497 g/mol. The van der Waals surface area contributed by atoms with E-state index in [1.807, 2.05) is 12.1 Å². The molecule has 0 bridgehead atoms. The lowest BCUT2D eigenvalue weighted by Crippen LogP contribution is -2.66. The first-order chi connectivity index (χ1) is 16.7. The fraction of sp³-hybridized carbons (Fsp3) is 0.448. The predicted octanol–water partition coefficient (Wildman–Crippen LogP) is 5.03. The van der Waals surface area contributed by atoms with Crippen LogP contribution in [0.15, 0.2) is 72.8 Å². The predicted molar refractivity (Wildman–Crippen MR) is 143 cm³/mol. The fourth-order valence-electron chi connectivity index (χ4n) is 4.64. The Morgan fingerprint density at radius 3 is 1.80 bits per heavy atom. The third kappa shape index (κ3) is 7.15. The average Bonchev–Trinajstić information content (AvgIpc) is 2.87. The second-order valence-electron chi connectivity index (χ2n) is 9.81. The van der Waals surface area contributed by atoms with Crippen LogP contribution >= 0.6 is 0 Å². The minimum atomic E-state index is -2.51. The molecule has 0 saturated heterocycles. The summed E-state index contributed by atoms with van der Waals surface area (Å²) in [6.07, 6.45) is 4.11. The molecule has 0 heterocycles. The molecule has 2 aromatic rings. The monoisotopic (exact) mass is 496 g/mol. The standard InChI is InChI=1S/C29H40O5Si/c1-23(27(30)32-5)26(28(31)33-6)21-15-7-8-16-22-34-35(29(2,3)4,24-17-11-9-12-18-24)25-19-13-10-14-20-25/h9-14,17-20,26H,1,7-8,15-16,21-22H2,2-6H3/t26-/m1/s1. The lowest BCUT2D eigenvalue weighted by Gasteiger charge is -2.43. The first kappa shape index (κ1) is 28.5. The van der Waals surface area contributed by atoms with Crippen LogP contribution in [0.25, 0.3) is 0 Å². The summed E-state index contributed by atoms with van der Waals surface area (Å²) in [5, 5.41) is 2.51. The number of carbonyl (C=O) groups is 2. The van der Waals surface area contributed by atoms with Gasteiger partial charge in [-0.1, -0.05) is 107 Å². The van der Waals surface area contributed by atoms with Gasteiger partial charge in [-0.25, -0.2) is 4.79 Å². The number of hydrogen-bond acceptors (Lipinski definition) is 5. The molecular formula is C29H40O5Si. The Morgan fingerprint density at radius 1 is 0.829 bits per heavy atom. The van der Waals surface area contributed by atoms with Crippen molar-refractivity contribution in [1.29, 1.82) is 0 Å². The van der Waals surface area contributed by atoms with Crippen LogP contribution in [0.3, 0.4) is 0 Å². The molecule has 2 rings (SSSR count). The zero-order chi connectivity index (χ0) is 25.9. The van der Waals surface area contributed by atoms with E-state index in [1.165, 1.54) is 24.6 Å². The molecule has 0 radical (unpaired) electrons. The maximum atomic E-state index is 12.1. The molecule has 1 atom stereocenters. The van der Waals surface area contributed by atoms with Gasteiger partial charge in [-0.05, 0) is 28.3 Å². The largest absolute Gasteiger partial charge is 0.469 e. The minimum absolute atomic E-state index is 0.0440. The van der Waals surface area contributed by atoms with Crippen LogP contribution in [0.4, 0.5) is 0 Å². The molecule has 0 unspecified atom stereocenters. The molecule has 0 saturated carbocycles. The van der Waals surface area contributed by atoms with E-state index in [1.54, 1.807) is 0 Å². The van der Waals surface area contributed by atoms with Crippen molar-refractivity contribution in [2.24, 2.45) is 5.92 Å². The number of benzene rings is 2. The Kier molecular flexibility index (Phi) is 10.9. The van der Waals surface area contributed by atoms with Gasteiger partial charge in [0.15, 0.2) is 0 Å². The van der Waals surface area contributed by atoms with Gasteiger partial charge in [0.2, 0.25) is 0 Å². The second kappa shape index (κ2) is 13.4. The van der Waals surface area contributed by atoms with E-state index in [0.29, 0.717) is 13.0 Å². The molecule has 2 aromatic carbocycles. The number of hydrogen-bond donors (Lipinski definition) is 0. The maximum absolute atomic E-state index is 12.1. The molecule has 0 aliphatic rings. The highest BCUT2D eigenvalue weighted by atomic mass is 28.4. The van der Waals surface area contributed by atoms with Gasteiger partial charge in [0.05, 0.1) is 20.1 Å². The van der Waals surface area contributed by atoms with Crippen LogP contribution in [0.5, 0.6) is 0 Å². The van der Waals surface area contributed by atoms with E-state index in [0.717, 1.165) is 25.7 Å². The molecule has 0 spiro atoms. The summed E-state index contributed by atoms with van der Waals surface area (Å²) in [6.45, 7) is 11.2. The molecule has 0 aliphatic heterocycles. The smallest absolute Gasteiger partial charge is 0.334 e. The molecule has 35 heavy (non-hydrogen) atoms. The number of methoxy groups -OCH3 is 2. The summed E-state index contributed by atoms with van der Waals surface area (Å²) in [7, 11) is 0.0954. The first-order valence-electron chi connectivity index (χ1n) is 12.3. The van der Waals surface area contributed by atoms with E-state index in [2.05, 4.69) is 75.9 Å². The highest BCUT2D eigenvalue weighted by Crippen LogP contribution is 2.36. The summed E-state index contributed by atoms with van der Waals surface area (Å²) in [6, 6.07) is 21.3.